The fraction of sp³-hybridized carbons (Fsp3) is 0.500. The summed E-state index contributed by atoms with van der Waals surface area (Å²) in [5, 5.41) is 0.871. The van der Waals surface area contributed by atoms with E-state index in [0.717, 1.165) is 29.4 Å². The first-order chi connectivity index (χ1) is 7.69. The molecule has 0 aromatic heterocycles. The van der Waals surface area contributed by atoms with E-state index in [2.05, 4.69) is 62.0 Å². The lowest BCUT2D eigenvalue weighted by atomic mass is 10.2. The van der Waals surface area contributed by atoms with Crippen molar-refractivity contribution in [3.8, 4) is 0 Å². The Labute approximate surface area is 114 Å². The number of rotatable bonds is 6. The van der Waals surface area contributed by atoms with E-state index in [0.29, 0.717) is 0 Å². The molecule has 0 aliphatic carbocycles. The number of methoxy groups -OCH3 is 1. The lowest BCUT2D eigenvalue weighted by Crippen LogP contribution is -2.20. The molecule has 0 bridgehead atoms. The summed E-state index contributed by atoms with van der Waals surface area (Å²) in [6, 6.07) is 6.37. The molecule has 0 saturated carbocycles. The smallest absolute Gasteiger partial charge is 0.0479 e. The van der Waals surface area contributed by atoms with Gasteiger partial charge in [0.05, 0.1) is 0 Å². The zero-order chi connectivity index (χ0) is 12.0. The van der Waals surface area contributed by atoms with Crippen LogP contribution in [-0.4, -0.2) is 27.3 Å². The Morgan fingerprint density at radius 2 is 2.12 bits per heavy atom. The summed E-state index contributed by atoms with van der Waals surface area (Å²) in [7, 11) is 3.86. The number of anilines is 1. The molecule has 4 heteroatoms. The Kier molecular flexibility index (Phi) is 6.39. The average Bonchev–Trinajstić information content (AvgIpc) is 2.29. The molecule has 0 amide bonds. The predicted molar refractivity (Wildman–Crippen MR) is 76.5 cm³/mol. The van der Waals surface area contributed by atoms with Gasteiger partial charge in [0.25, 0.3) is 0 Å². The van der Waals surface area contributed by atoms with Crippen LogP contribution in [0.5, 0.6) is 0 Å². The van der Waals surface area contributed by atoms with Crippen molar-refractivity contribution in [1.29, 1.82) is 0 Å². The summed E-state index contributed by atoms with van der Waals surface area (Å²) in [5.41, 5.74) is 2.57. The van der Waals surface area contributed by atoms with Crippen molar-refractivity contribution in [1.82, 2.24) is 0 Å². The lowest BCUT2D eigenvalue weighted by molar-refractivity contribution is 0.196. The molecule has 0 fully saturated rings. The van der Waals surface area contributed by atoms with Crippen LogP contribution in [0.3, 0.4) is 0 Å². The fourth-order valence-corrected chi connectivity index (χ4v) is 2.46. The number of halogens is 2. The molecule has 1 aromatic rings. The maximum Gasteiger partial charge on any atom is 0.0479 e. The maximum absolute atomic E-state index is 5.06. The van der Waals surface area contributed by atoms with Crippen LogP contribution in [0.2, 0.25) is 0 Å². The zero-order valence-corrected chi connectivity index (χ0v) is 12.8. The molecule has 0 atom stereocenters. The minimum absolute atomic E-state index is 0.810. The topological polar surface area (TPSA) is 12.5 Å². The van der Waals surface area contributed by atoms with Crippen LogP contribution < -0.4 is 4.90 Å². The summed E-state index contributed by atoms with van der Waals surface area (Å²) in [6.45, 7) is 1.82. The highest BCUT2D eigenvalue weighted by atomic mass is 79.9. The minimum atomic E-state index is 0.810. The normalized spacial score (nSPS) is 10.5. The molecule has 0 aliphatic heterocycles. The molecule has 0 N–H and O–H groups in total. The number of hydrogen-bond donors (Lipinski definition) is 0. The van der Waals surface area contributed by atoms with E-state index in [-0.39, 0.29) is 0 Å². The van der Waals surface area contributed by atoms with Crippen LogP contribution in [0.15, 0.2) is 22.7 Å². The van der Waals surface area contributed by atoms with E-state index in [9.17, 15) is 0 Å². The molecule has 2 nitrogen and oxygen atoms in total. The summed E-state index contributed by atoms with van der Waals surface area (Å²) < 4.78 is 6.18. The highest BCUT2D eigenvalue weighted by molar-refractivity contribution is 9.10. The van der Waals surface area contributed by atoms with Crippen molar-refractivity contribution in [3.05, 3.63) is 28.2 Å². The molecule has 16 heavy (non-hydrogen) atoms. The molecule has 0 spiro atoms. The summed E-state index contributed by atoms with van der Waals surface area (Å²) in [4.78, 5) is 2.27. The highest BCUT2D eigenvalue weighted by Gasteiger charge is 2.06. The van der Waals surface area contributed by atoms with Gasteiger partial charge in [-0.25, -0.2) is 0 Å². The van der Waals surface area contributed by atoms with Gasteiger partial charge >= 0.3 is 0 Å². The molecule has 0 radical (unpaired) electrons. The molecule has 0 unspecified atom stereocenters. The monoisotopic (exact) mass is 349 g/mol. The van der Waals surface area contributed by atoms with Crippen LogP contribution in [0.1, 0.15) is 12.0 Å². The molecule has 1 aromatic carbocycles. The Morgan fingerprint density at radius 3 is 2.75 bits per heavy atom. The number of hydrogen-bond acceptors (Lipinski definition) is 2. The summed E-state index contributed by atoms with van der Waals surface area (Å²) >= 11 is 7.01. The Balaban J connectivity index is 2.70. The second-order valence-corrected chi connectivity index (χ2v) is 5.15. The van der Waals surface area contributed by atoms with Crippen molar-refractivity contribution >= 4 is 37.5 Å². The third-order valence-electron chi connectivity index (χ3n) is 2.44. The maximum atomic E-state index is 5.06. The number of benzene rings is 1. The van der Waals surface area contributed by atoms with Crippen LogP contribution in [-0.2, 0) is 10.1 Å². The van der Waals surface area contributed by atoms with Gasteiger partial charge in [0, 0.05) is 42.8 Å². The zero-order valence-electron chi connectivity index (χ0n) is 9.67. The van der Waals surface area contributed by atoms with Gasteiger partial charge in [-0.2, -0.15) is 0 Å². The molecular weight excluding hydrogens is 334 g/mol. The van der Waals surface area contributed by atoms with Gasteiger partial charge in [-0.05, 0) is 30.2 Å². The third-order valence-corrected chi connectivity index (χ3v) is 3.54. The van der Waals surface area contributed by atoms with Crippen LogP contribution >= 0.6 is 31.9 Å². The van der Waals surface area contributed by atoms with E-state index in [1.807, 2.05) is 0 Å². The van der Waals surface area contributed by atoms with Crippen molar-refractivity contribution in [3.63, 3.8) is 0 Å². The Bertz CT molecular complexity index is 331. The predicted octanol–water partition coefficient (Wildman–Crippen LogP) is 3.82. The second-order valence-electron chi connectivity index (χ2n) is 3.67. The Morgan fingerprint density at radius 1 is 1.38 bits per heavy atom. The minimum Gasteiger partial charge on any atom is -0.385 e. The van der Waals surface area contributed by atoms with Crippen molar-refractivity contribution in [2.45, 2.75) is 11.8 Å². The quantitative estimate of drug-likeness (QED) is 0.571. The van der Waals surface area contributed by atoms with Crippen LogP contribution in [0, 0.1) is 0 Å². The van der Waals surface area contributed by atoms with E-state index < -0.39 is 0 Å². The molecule has 0 heterocycles. The highest BCUT2D eigenvalue weighted by Crippen LogP contribution is 2.25. The van der Waals surface area contributed by atoms with Gasteiger partial charge in [-0.15, -0.1) is 0 Å². The number of ether oxygens (including phenoxy) is 1. The van der Waals surface area contributed by atoms with Crippen LogP contribution in [0.4, 0.5) is 5.69 Å². The average molecular weight is 351 g/mol. The molecular formula is C12H17Br2NO. The number of nitrogens with zero attached hydrogens (tertiary/aromatic N) is 1. The fourth-order valence-electron chi connectivity index (χ4n) is 1.60. The molecule has 0 saturated heterocycles. The first-order valence-electron chi connectivity index (χ1n) is 5.23. The largest absolute Gasteiger partial charge is 0.385 e. The number of alkyl halides is 1. The second kappa shape index (κ2) is 7.30. The van der Waals surface area contributed by atoms with Crippen molar-refractivity contribution in [2.24, 2.45) is 0 Å². The van der Waals surface area contributed by atoms with Crippen molar-refractivity contribution < 1.29 is 4.74 Å². The third kappa shape index (κ3) is 4.07. The van der Waals surface area contributed by atoms with E-state index >= 15 is 0 Å². The van der Waals surface area contributed by atoms with Gasteiger partial charge in [0.2, 0.25) is 0 Å². The van der Waals surface area contributed by atoms with Gasteiger partial charge in [-0.1, -0.05) is 31.9 Å². The van der Waals surface area contributed by atoms with E-state index in [4.69, 9.17) is 4.74 Å². The van der Waals surface area contributed by atoms with Crippen LogP contribution in [0.25, 0.3) is 0 Å². The van der Waals surface area contributed by atoms with Gasteiger partial charge in [-0.3, -0.25) is 0 Å². The molecule has 0 aliphatic rings. The first-order valence-corrected chi connectivity index (χ1v) is 7.15. The standard InChI is InChI=1S/C12H17Br2NO/c1-15(6-3-7-16-2)12-5-4-11(14)8-10(12)9-13/h4-5,8H,3,6-7,9H2,1-2H3. The Hall–Kier alpha value is -0.0600. The van der Waals surface area contributed by atoms with Gasteiger partial charge in [0.15, 0.2) is 0 Å². The van der Waals surface area contributed by atoms with E-state index in [1.165, 1.54) is 11.3 Å². The lowest BCUT2D eigenvalue weighted by Gasteiger charge is -2.22. The molecule has 90 valence electrons. The summed E-state index contributed by atoms with van der Waals surface area (Å²) in [6.07, 6.45) is 1.05. The SMILES string of the molecule is COCCCN(C)c1ccc(Br)cc1CBr. The summed E-state index contributed by atoms with van der Waals surface area (Å²) in [5.74, 6) is 0. The van der Waals surface area contributed by atoms with Gasteiger partial charge in [0.1, 0.15) is 0 Å². The van der Waals surface area contributed by atoms with Crippen molar-refractivity contribution in [2.75, 3.05) is 32.2 Å². The van der Waals surface area contributed by atoms with E-state index in [1.54, 1.807) is 7.11 Å². The first kappa shape index (κ1) is 14.0. The van der Waals surface area contributed by atoms with Gasteiger partial charge < -0.3 is 9.64 Å². The molecule has 1 rings (SSSR count).